The Hall–Kier alpha value is -2.74. The van der Waals surface area contributed by atoms with Crippen molar-refractivity contribution >= 4 is 21.6 Å². The molecule has 1 amide bonds. The van der Waals surface area contributed by atoms with Crippen LogP contribution in [0.2, 0.25) is 0 Å². The highest BCUT2D eigenvalue weighted by atomic mass is 32.2. The third-order valence-electron chi connectivity index (χ3n) is 5.35. The summed E-state index contributed by atoms with van der Waals surface area (Å²) in [6.45, 7) is 2.76. The summed E-state index contributed by atoms with van der Waals surface area (Å²) >= 11 is 0. The van der Waals surface area contributed by atoms with Crippen LogP contribution in [0, 0.1) is 0 Å². The van der Waals surface area contributed by atoms with E-state index in [1.807, 2.05) is 12.1 Å². The van der Waals surface area contributed by atoms with Gasteiger partial charge in [-0.05, 0) is 49.1 Å². The number of anilines is 1. The Kier molecular flexibility index (Phi) is 6.55. The fourth-order valence-corrected chi connectivity index (χ4v) is 4.63. The first-order valence-electron chi connectivity index (χ1n) is 10.00. The van der Waals surface area contributed by atoms with Crippen molar-refractivity contribution in [2.24, 2.45) is 0 Å². The lowest BCUT2D eigenvalue weighted by Crippen LogP contribution is -2.35. The van der Waals surface area contributed by atoms with Gasteiger partial charge in [-0.3, -0.25) is 9.52 Å². The normalized spacial score (nSPS) is 14.6. The molecular formula is C22H28N2O5S. The van der Waals surface area contributed by atoms with Crippen molar-refractivity contribution in [1.82, 2.24) is 5.32 Å². The molecule has 0 aliphatic heterocycles. The zero-order chi connectivity index (χ0) is 21.8. The molecule has 0 aromatic heterocycles. The molecule has 7 nitrogen and oxygen atoms in total. The number of benzene rings is 2. The summed E-state index contributed by atoms with van der Waals surface area (Å²) in [5, 5.41) is 3.01. The maximum absolute atomic E-state index is 12.9. The summed E-state index contributed by atoms with van der Waals surface area (Å²) in [5.41, 5.74) is 0.825. The van der Waals surface area contributed by atoms with Crippen LogP contribution in [0.25, 0.3) is 0 Å². The van der Waals surface area contributed by atoms with Crippen LogP contribution in [-0.2, 0) is 20.2 Å². The molecule has 0 bridgehead atoms. The zero-order valence-corrected chi connectivity index (χ0v) is 18.3. The van der Waals surface area contributed by atoms with Crippen molar-refractivity contribution in [1.29, 1.82) is 0 Å². The van der Waals surface area contributed by atoms with E-state index in [-0.39, 0.29) is 16.6 Å². The van der Waals surface area contributed by atoms with Crippen LogP contribution >= 0.6 is 0 Å². The molecule has 8 heteroatoms. The van der Waals surface area contributed by atoms with Gasteiger partial charge < -0.3 is 14.8 Å². The van der Waals surface area contributed by atoms with Gasteiger partial charge in [0.1, 0.15) is 16.4 Å². The lowest BCUT2D eigenvalue weighted by Gasteiger charge is -2.17. The van der Waals surface area contributed by atoms with Crippen molar-refractivity contribution in [3.63, 3.8) is 0 Å². The van der Waals surface area contributed by atoms with Crippen molar-refractivity contribution in [2.45, 2.75) is 42.9 Å². The van der Waals surface area contributed by atoms with Crippen LogP contribution < -0.4 is 19.5 Å². The number of rotatable bonds is 10. The second-order valence-electron chi connectivity index (χ2n) is 7.39. The average molecular weight is 433 g/mol. The predicted octanol–water partition coefficient (Wildman–Crippen LogP) is 3.45. The number of carbonyl (C=O) groups is 1. The van der Waals surface area contributed by atoms with E-state index in [1.54, 1.807) is 24.3 Å². The van der Waals surface area contributed by atoms with Crippen molar-refractivity contribution in [2.75, 3.05) is 25.5 Å². The molecule has 2 aromatic rings. The first kappa shape index (κ1) is 22.0. The SMILES string of the molecule is CCCCNC(=O)C1(c2ccc(NS(=O)(=O)c3cc(OC)ccc3OC)cc2)CC1. The molecular weight excluding hydrogens is 404 g/mol. The first-order valence-corrected chi connectivity index (χ1v) is 11.5. The zero-order valence-electron chi connectivity index (χ0n) is 17.5. The molecule has 0 atom stereocenters. The van der Waals surface area contributed by atoms with Gasteiger partial charge in [-0.25, -0.2) is 8.42 Å². The van der Waals surface area contributed by atoms with Gasteiger partial charge in [-0.2, -0.15) is 0 Å². The molecule has 0 saturated heterocycles. The van der Waals surface area contributed by atoms with Gasteiger partial charge in [-0.15, -0.1) is 0 Å². The van der Waals surface area contributed by atoms with Gasteiger partial charge in [-0.1, -0.05) is 25.5 Å². The number of carbonyl (C=O) groups excluding carboxylic acids is 1. The Balaban J connectivity index is 1.77. The Morgan fingerprint density at radius 1 is 1.07 bits per heavy atom. The van der Waals surface area contributed by atoms with Gasteiger partial charge in [0, 0.05) is 18.3 Å². The molecule has 0 radical (unpaired) electrons. The van der Waals surface area contributed by atoms with Gasteiger partial charge in [0.15, 0.2) is 0 Å². The molecule has 30 heavy (non-hydrogen) atoms. The number of methoxy groups -OCH3 is 2. The van der Waals surface area contributed by atoms with E-state index in [0.29, 0.717) is 18.0 Å². The Labute approximate surface area is 177 Å². The highest BCUT2D eigenvalue weighted by molar-refractivity contribution is 7.92. The predicted molar refractivity (Wildman–Crippen MR) is 116 cm³/mol. The summed E-state index contributed by atoms with van der Waals surface area (Å²) in [6, 6.07) is 11.6. The number of hydrogen-bond acceptors (Lipinski definition) is 5. The summed E-state index contributed by atoms with van der Waals surface area (Å²) in [5.74, 6) is 0.683. The minimum Gasteiger partial charge on any atom is -0.497 e. The largest absolute Gasteiger partial charge is 0.497 e. The van der Waals surface area contributed by atoms with Crippen LogP contribution in [0.4, 0.5) is 5.69 Å². The Morgan fingerprint density at radius 3 is 2.33 bits per heavy atom. The van der Waals surface area contributed by atoms with Crippen LogP contribution in [0.5, 0.6) is 11.5 Å². The number of unbranched alkanes of at least 4 members (excludes halogenated alkanes) is 1. The van der Waals surface area contributed by atoms with Gasteiger partial charge >= 0.3 is 0 Å². The van der Waals surface area contributed by atoms with Crippen LogP contribution in [0.15, 0.2) is 47.4 Å². The summed E-state index contributed by atoms with van der Waals surface area (Å²) in [4.78, 5) is 12.6. The van der Waals surface area contributed by atoms with E-state index in [4.69, 9.17) is 9.47 Å². The lowest BCUT2D eigenvalue weighted by molar-refractivity contribution is -0.123. The average Bonchev–Trinajstić information content (AvgIpc) is 3.55. The summed E-state index contributed by atoms with van der Waals surface area (Å²) < 4.78 is 38.7. The highest BCUT2D eigenvalue weighted by Crippen LogP contribution is 2.48. The molecule has 162 valence electrons. The van der Waals surface area contributed by atoms with Crippen molar-refractivity contribution in [3.8, 4) is 11.5 Å². The maximum atomic E-state index is 12.9. The molecule has 1 fully saturated rings. The summed E-state index contributed by atoms with van der Waals surface area (Å²) in [7, 11) is -1.01. The van der Waals surface area contributed by atoms with E-state index in [1.165, 1.54) is 20.3 Å². The monoisotopic (exact) mass is 432 g/mol. The topological polar surface area (TPSA) is 93.7 Å². The molecule has 0 unspecified atom stereocenters. The molecule has 3 rings (SSSR count). The fourth-order valence-electron chi connectivity index (χ4n) is 3.38. The van der Waals surface area contributed by atoms with Crippen molar-refractivity contribution < 1.29 is 22.7 Å². The molecule has 0 heterocycles. The van der Waals surface area contributed by atoms with Gasteiger partial charge in [0.2, 0.25) is 5.91 Å². The molecule has 1 aliphatic rings. The third kappa shape index (κ3) is 4.53. The van der Waals surface area contributed by atoms with E-state index in [0.717, 1.165) is 31.2 Å². The highest BCUT2D eigenvalue weighted by Gasteiger charge is 2.50. The minimum absolute atomic E-state index is 0.0117. The Morgan fingerprint density at radius 2 is 1.77 bits per heavy atom. The number of amides is 1. The van der Waals surface area contributed by atoms with E-state index in [9.17, 15) is 13.2 Å². The molecule has 2 aromatic carbocycles. The quantitative estimate of drug-likeness (QED) is 0.561. The number of hydrogen-bond donors (Lipinski definition) is 2. The van der Waals surface area contributed by atoms with Crippen molar-refractivity contribution in [3.05, 3.63) is 48.0 Å². The van der Waals surface area contributed by atoms with E-state index >= 15 is 0 Å². The maximum Gasteiger partial charge on any atom is 0.265 e. The van der Waals surface area contributed by atoms with Crippen LogP contribution in [0.3, 0.4) is 0 Å². The molecule has 1 aliphatic carbocycles. The smallest absolute Gasteiger partial charge is 0.265 e. The minimum atomic E-state index is -3.89. The second kappa shape index (κ2) is 8.95. The number of nitrogens with one attached hydrogen (secondary N) is 2. The van der Waals surface area contributed by atoms with E-state index in [2.05, 4.69) is 17.0 Å². The third-order valence-corrected chi connectivity index (χ3v) is 6.75. The van der Waals surface area contributed by atoms with Gasteiger partial charge in [0.05, 0.1) is 19.6 Å². The number of sulfonamides is 1. The summed E-state index contributed by atoms with van der Waals surface area (Å²) in [6.07, 6.45) is 3.59. The second-order valence-corrected chi connectivity index (χ2v) is 9.04. The Bertz CT molecular complexity index is 999. The van der Waals surface area contributed by atoms with Gasteiger partial charge in [0.25, 0.3) is 10.0 Å². The molecule has 0 spiro atoms. The standard InChI is InChI=1S/C22H28N2O5S/c1-4-5-14-23-21(25)22(12-13-22)16-6-8-17(9-7-16)24-30(26,27)20-15-18(28-2)10-11-19(20)29-3/h6-11,15,24H,4-5,12-14H2,1-3H3,(H,23,25). The lowest BCUT2D eigenvalue weighted by atomic mass is 9.94. The van der Waals surface area contributed by atoms with Crippen LogP contribution in [-0.4, -0.2) is 35.1 Å². The van der Waals surface area contributed by atoms with E-state index < -0.39 is 15.4 Å². The molecule has 2 N–H and O–H groups in total. The fraction of sp³-hybridized carbons (Fsp3) is 0.409. The molecule has 1 saturated carbocycles. The number of ether oxygens (including phenoxy) is 2. The van der Waals surface area contributed by atoms with Crippen LogP contribution in [0.1, 0.15) is 38.2 Å². The first-order chi connectivity index (χ1) is 14.4.